The maximum Gasteiger partial charge on any atom is 0.338 e. The molecule has 8 heteroatoms. The molecule has 0 aromatic heterocycles. The van der Waals surface area contributed by atoms with Crippen LogP contribution in [0.1, 0.15) is 31.0 Å². The Morgan fingerprint density at radius 2 is 1.67 bits per heavy atom. The van der Waals surface area contributed by atoms with E-state index in [0.29, 0.717) is 18.7 Å². The molecule has 2 aromatic rings. The second kappa shape index (κ2) is 12.1. The molecule has 1 saturated heterocycles. The first-order valence-electron chi connectivity index (χ1n) is 12.6. The second-order valence-electron chi connectivity index (χ2n) is 9.02. The Morgan fingerprint density at radius 1 is 0.972 bits per heavy atom. The molecule has 4 rings (SSSR count). The minimum Gasteiger partial charge on any atom is -0.497 e. The van der Waals surface area contributed by atoms with Crippen LogP contribution in [0.5, 0.6) is 5.75 Å². The first kappa shape index (κ1) is 25.7. The van der Waals surface area contributed by atoms with E-state index in [2.05, 4.69) is 27.2 Å². The van der Waals surface area contributed by atoms with Crippen LogP contribution in [0.15, 0.2) is 65.9 Å². The van der Waals surface area contributed by atoms with Crippen LogP contribution in [-0.4, -0.2) is 79.7 Å². The number of esters is 1. The van der Waals surface area contributed by atoms with Crippen molar-refractivity contribution in [3.05, 3.63) is 77.0 Å². The number of nitrogens with zero attached hydrogens (tertiary/aromatic N) is 3. The van der Waals surface area contributed by atoms with Crippen LogP contribution in [0.25, 0.3) is 0 Å². The molecule has 36 heavy (non-hydrogen) atoms. The van der Waals surface area contributed by atoms with Gasteiger partial charge in [-0.25, -0.2) is 9.59 Å². The fourth-order valence-corrected chi connectivity index (χ4v) is 4.90. The molecule has 2 aromatic carbocycles. The van der Waals surface area contributed by atoms with Crippen LogP contribution < -0.4 is 10.1 Å². The smallest absolute Gasteiger partial charge is 0.338 e. The van der Waals surface area contributed by atoms with E-state index >= 15 is 0 Å². The normalized spacial score (nSPS) is 19.2. The largest absolute Gasteiger partial charge is 0.497 e. The van der Waals surface area contributed by atoms with Crippen molar-refractivity contribution in [1.82, 2.24) is 20.0 Å². The highest BCUT2D eigenvalue weighted by atomic mass is 16.5. The molecule has 0 radical (unpaired) electrons. The number of benzene rings is 2. The Hall–Kier alpha value is -3.36. The molecule has 2 amide bonds. The fraction of sp³-hybridized carbons (Fsp3) is 0.429. The van der Waals surface area contributed by atoms with Gasteiger partial charge in [0.2, 0.25) is 0 Å². The predicted molar refractivity (Wildman–Crippen MR) is 138 cm³/mol. The first-order valence-corrected chi connectivity index (χ1v) is 12.6. The average molecular weight is 493 g/mol. The molecule has 2 aliphatic heterocycles. The molecular weight excluding hydrogens is 456 g/mol. The number of urea groups is 1. The van der Waals surface area contributed by atoms with Crippen LogP contribution in [0.2, 0.25) is 0 Å². The fourth-order valence-electron chi connectivity index (χ4n) is 4.90. The quantitative estimate of drug-likeness (QED) is 0.541. The third-order valence-corrected chi connectivity index (χ3v) is 6.76. The number of nitrogens with one attached hydrogen (secondary N) is 1. The van der Waals surface area contributed by atoms with Crippen molar-refractivity contribution in [2.45, 2.75) is 26.4 Å². The number of hydrogen-bond acceptors (Lipinski definition) is 6. The molecule has 2 heterocycles. The minimum atomic E-state index is -0.537. The number of ether oxygens (including phenoxy) is 2. The van der Waals surface area contributed by atoms with Gasteiger partial charge in [-0.1, -0.05) is 42.5 Å². The summed E-state index contributed by atoms with van der Waals surface area (Å²) in [5, 5.41) is 3.03. The van der Waals surface area contributed by atoms with E-state index in [-0.39, 0.29) is 18.6 Å². The standard InChI is InChI=1S/C28H36N4O4/c1-4-32-24(20-31-16-14-30(15-17-31)19-21-10-9-13-23(18-21)35-3)25(27(33)36-5-2)26(29-28(32)34)22-11-7-6-8-12-22/h6-13,18,26H,4-5,14-17,19-20H2,1-3H3,(H,29,34). The van der Waals surface area contributed by atoms with Crippen molar-refractivity contribution in [3.8, 4) is 5.75 Å². The summed E-state index contributed by atoms with van der Waals surface area (Å²) in [5.74, 6) is 0.490. The summed E-state index contributed by atoms with van der Waals surface area (Å²) < 4.78 is 10.8. The molecule has 1 atom stereocenters. The monoisotopic (exact) mass is 492 g/mol. The van der Waals surface area contributed by atoms with Gasteiger partial charge in [-0.05, 0) is 37.1 Å². The number of hydrogen-bond donors (Lipinski definition) is 1. The summed E-state index contributed by atoms with van der Waals surface area (Å²) in [6.45, 7) is 9.36. The lowest BCUT2D eigenvalue weighted by atomic mass is 9.94. The highest BCUT2D eigenvalue weighted by Gasteiger charge is 2.38. The van der Waals surface area contributed by atoms with Gasteiger partial charge in [0.25, 0.3) is 0 Å². The van der Waals surface area contributed by atoms with Gasteiger partial charge >= 0.3 is 12.0 Å². The third-order valence-electron chi connectivity index (χ3n) is 6.76. The third kappa shape index (κ3) is 5.88. The number of rotatable bonds is 9. The van der Waals surface area contributed by atoms with Gasteiger partial charge < -0.3 is 14.8 Å². The number of carbonyl (C=O) groups excluding carboxylic acids is 2. The van der Waals surface area contributed by atoms with Crippen molar-refractivity contribution < 1.29 is 19.1 Å². The van der Waals surface area contributed by atoms with Crippen LogP contribution in [-0.2, 0) is 16.1 Å². The number of methoxy groups -OCH3 is 1. The van der Waals surface area contributed by atoms with E-state index in [9.17, 15) is 9.59 Å². The number of amides is 2. The van der Waals surface area contributed by atoms with Gasteiger partial charge in [-0.3, -0.25) is 14.7 Å². The highest BCUT2D eigenvalue weighted by Crippen LogP contribution is 2.32. The van der Waals surface area contributed by atoms with E-state index in [1.807, 2.05) is 49.4 Å². The molecular formula is C28H36N4O4. The van der Waals surface area contributed by atoms with Gasteiger partial charge in [0.15, 0.2) is 0 Å². The molecule has 0 saturated carbocycles. The first-order chi connectivity index (χ1) is 17.5. The van der Waals surface area contributed by atoms with Crippen molar-refractivity contribution in [2.24, 2.45) is 0 Å². The van der Waals surface area contributed by atoms with E-state index < -0.39 is 6.04 Å². The van der Waals surface area contributed by atoms with E-state index in [1.165, 1.54) is 5.56 Å². The molecule has 1 N–H and O–H groups in total. The van der Waals surface area contributed by atoms with Crippen molar-refractivity contribution in [3.63, 3.8) is 0 Å². The Morgan fingerprint density at radius 3 is 2.31 bits per heavy atom. The summed E-state index contributed by atoms with van der Waals surface area (Å²) in [4.78, 5) is 32.7. The van der Waals surface area contributed by atoms with Crippen LogP contribution in [0, 0.1) is 0 Å². The van der Waals surface area contributed by atoms with Crippen molar-refractivity contribution >= 4 is 12.0 Å². The summed E-state index contributed by atoms with van der Waals surface area (Å²) in [6, 6.07) is 17.1. The highest BCUT2D eigenvalue weighted by molar-refractivity contribution is 5.95. The molecule has 0 spiro atoms. The zero-order valence-electron chi connectivity index (χ0n) is 21.4. The minimum absolute atomic E-state index is 0.189. The van der Waals surface area contributed by atoms with Gasteiger partial charge in [-0.2, -0.15) is 0 Å². The van der Waals surface area contributed by atoms with Crippen molar-refractivity contribution in [1.29, 1.82) is 0 Å². The Kier molecular flexibility index (Phi) is 8.61. The number of carbonyl (C=O) groups is 2. The SMILES string of the molecule is CCOC(=O)C1=C(CN2CCN(Cc3cccc(OC)c3)CC2)N(CC)C(=O)NC1c1ccccc1. The number of piperazine rings is 1. The molecule has 192 valence electrons. The predicted octanol–water partition coefficient (Wildman–Crippen LogP) is 3.42. The van der Waals surface area contributed by atoms with Crippen LogP contribution in [0.4, 0.5) is 4.79 Å². The van der Waals surface area contributed by atoms with E-state index in [4.69, 9.17) is 9.47 Å². The van der Waals surface area contributed by atoms with Gasteiger partial charge in [0.1, 0.15) is 5.75 Å². The summed E-state index contributed by atoms with van der Waals surface area (Å²) in [7, 11) is 1.69. The molecule has 8 nitrogen and oxygen atoms in total. The van der Waals surface area contributed by atoms with Crippen LogP contribution >= 0.6 is 0 Å². The lowest BCUT2D eigenvalue weighted by Gasteiger charge is -2.40. The van der Waals surface area contributed by atoms with Gasteiger partial charge in [0.05, 0.1) is 25.3 Å². The van der Waals surface area contributed by atoms with Crippen molar-refractivity contribution in [2.75, 3.05) is 53.0 Å². The maximum absolute atomic E-state index is 13.2. The molecule has 1 unspecified atom stereocenters. The number of likely N-dealkylation sites (N-methyl/N-ethyl adjacent to an activating group) is 1. The molecule has 0 bridgehead atoms. The van der Waals surface area contributed by atoms with Gasteiger partial charge in [0, 0.05) is 51.5 Å². The lowest BCUT2D eigenvalue weighted by Crippen LogP contribution is -2.53. The van der Waals surface area contributed by atoms with E-state index in [0.717, 1.165) is 49.7 Å². The lowest BCUT2D eigenvalue weighted by molar-refractivity contribution is -0.139. The zero-order valence-corrected chi connectivity index (χ0v) is 21.4. The maximum atomic E-state index is 13.2. The molecule has 2 aliphatic rings. The topological polar surface area (TPSA) is 74.4 Å². The van der Waals surface area contributed by atoms with Gasteiger partial charge in [-0.15, -0.1) is 0 Å². The summed E-state index contributed by atoms with van der Waals surface area (Å²) in [5.41, 5.74) is 3.34. The Balaban J connectivity index is 1.54. The molecule has 1 fully saturated rings. The zero-order chi connectivity index (χ0) is 25.5. The summed E-state index contributed by atoms with van der Waals surface area (Å²) in [6.07, 6.45) is 0. The van der Waals surface area contributed by atoms with Crippen LogP contribution in [0.3, 0.4) is 0 Å². The summed E-state index contributed by atoms with van der Waals surface area (Å²) >= 11 is 0. The molecule has 0 aliphatic carbocycles. The Labute approximate surface area is 213 Å². The second-order valence-corrected chi connectivity index (χ2v) is 9.02. The average Bonchev–Trinajstić information content (AvgIpc) is 2.90. The Bertz CT molecular complexity index is 1080. The van der Waals surface area contributed by atoms with E-state index in [1.54, 1.807) is 18.9 Å².